The number of amides is 2. The van der Waals surface area contributed by atoms with E-state index in [0.29, 0.717) is 37.6 Å². The van der Waals surface area contributed by atoms with Gasteiger partial charge in [0.05, 0.1) is 19.8 Å². The molecule has 3 unspecified atom stereocenters. The molecule has 4 aliphatic rings. The van der Waals surface area contributed by atoms with Crippen LogP contribution in [0.15, 0.2) is 24.3 Å². The van der Waals surface area contributed by atoms with Crippen molar-refractivity contribution in [3.63, 3.8) is 0 Å². The third kappa shape index (κ3) is 2.33. The minimum absolute atomic E-state index is 0.0463. The number of nitrogens with one attached hydrogen (secondary N) is 1. The molecule has 3 fully saturated rings. The average molecular weight is 328 g/mol. The van der Waals surface area contributed by atoms with Gasteiger partial charge in [0, 0.05) is 24.9 Å². The number of urea groups is 1. The summed E-state index contributed by atoms with van der Waals surface area (Å²) in [7, 11) is 0. The smallest absolute Gasteiger partial charge is 0.317 e. The van der Waals surface area contributed by atoms with Crippen LogP contribution in [0.1, 0.15) is 36.3 Å². The van der Waals surface area contributed by atoms with E-state index in [2.05, 4.69) is 29.6 Å². The second-order valence-corrected chi connectivity index (χ2v) is 7.54. The van der Waals surface area contributed by atoms with Crippen LogP contribution in [-0.2, 0) is 15.9 Å². The predicted octanol–water partition coefficient (Wildman–Crippen LogP) is 2.26. The van der Waals surface area contributed by atoms with Gasteiger partial charge in [-0.1, -0.05) is 24.3 Å². The highest BCUT2D eigenvalue weighted by Gasteiger charge is 2.54. The molecule has 5 nitrogen and oxygen atoms in total. The number of ether oxygens (including phenoxy) is 2. The second kappa shape index (κ2) is 5.46. The molecule has 24 heavy (non-hydrogen) atoms. The summed E-state index contributed by atoms with van der Waals surface area (Å²) >= 11 is 0. The maximum atomic E-state index is 12.7. The van der Waals surface area contributed by atoms with Gasteiger partial charge in [0.25, 0.3) is 0 Å². The lowest BCUT2D eigenvalue weighted by Gasteiger charge is -2.38. The van der Waals surface area contributed by atoms with Gasteiger partial charge in [0.2, 0.25) is 0 Å². The van der Waals surface area contributed by atoms with E-state index in [9.17, 15) is 4.79 Å². The lowest BCUT2D eigenvalue weighted by Crippen LogP contribution is -2.54. The van der Waals surface area contributed by atoms with Crippen molar-refractivity contribution in [2.24, 2.45) is 5.92 Å². The van der Waals surface area contributed by atoms with Gasteiger partial charge < -0.3 is 19.7 Å². The Bertz CT molecular complexity index is 656. The van der Waals surface area contributed by atoms with Crippen molar-refractivity contribution in [3.05, 3.63) is 35.4 Å². The van der Waals surface area contributed by atoms with Crippen LogP contribution in [0, 0.1) is 5.92 Å². The zero-order valence-corrected chi connectivity index (χ0v) is 13.9. The van der Waals surface area contributed by atoms with Crippen LogP contribution in [0.2, 0.25) is 0 Å². The molecular formula is C19H24N2O3. The SMILES string of the molecule is O=C(NC1C2CCc3ccccc3C21)N1CCCC2(C1)OCCO2. The predicted molar refractivity (Wildman–Crippen MR) is 88.8 cm³/mol. The first-order valence-electron chi connectivity index (χ1n) is 9.17. The minimum atomic E-state index is -0.543. The van der Waals surface area contributed by atoms with E-state index in [4.69, 9.17) is 9.47 Å². The maximum absolute atomic E-state index is 12.7. The first-order valence-corrected chi connectivity index (χ1v) is 9.17. The summed E-state index contributed by atoms with van der Waals surface area (Å²) < 4.78 is 11.6. The van der Waals surface area contributed by atoms with E-state index in [1.54, 1.807) is 0 Å². The van der Waals surface area contributed by atoms with E-state index in [0.717, 1.165) is 25.8 Å². The quantitative estimate of drug-likeness (QED) is 0.860. The normalized spacial score (nSPS) is 33.0. The molecule has 0 aromatic heterocycles. The summed E-state index contributed by atoms with van der Waals surface area (Å²) in [6, 6.07) is 9.03. The van der Waals surface area contributed by atoms with Crippen LogP contribution >= 0.6 is 0 Å². The van der Waals surface area contributed by atoms with Crippen LogP contribution in [0.4, 0.5) is 4.79 Å². The average Bonchev–Trinajstić information content (AvgIpc) is 3.14. The molecule has 2 heterocycles. The van der Waals surface area contributed by atoms with Gasteiger partial charge in [0.1, 0.15) is 0 Å². The van der Waals surface area contributed by atoms with Crippen LogP contribution < -0.4 is 5.32 Å². The molecule has 2 saturated heterocycles. The number of carbonyl (C=O) groups is 1. The van der Waals surface area contributed by atoms with Crippen molar-refractivity contribution in [2.75, 3.05) is 26.3 Å². The Balaban J connectivity index is 1.25. The molecule has 2 aliphatic carbocycles. The molecule has 5 rings (SSSR count). The maximum Gasteiger partial charge on any atom is 0.317 e. The Morgan fingerprint density at radius 1 is 1.25 bits per heavy atom. The number of hydrogen-bond acceptors (Lipinski definition) is 3. The number of benzene rings is 1. The fourth-order valence-corrected chi connectivity index (χ4v) is 4.89. The molecule has 5 heteroatoms. The standard InChI is InChI=1S/C19H24N2O3/c22-18(21-9-3-8-19(12-21)23-10-11-24-19)20-17-15-7-6-13-4-1-2-5-14(13)16(15)17/h1-2,4-5,15-17H,3,6-12H2,(H,20,22). The molecular weight excluding hydrogens is 304 g/mol. The van der Waals surface area contributed by atoms with Gasteiger partial charge in [-0.15, -0.1) is 0 Å². The van der Waals surface area contributed by atoms with Crippen LogP contribution in [-0.4, -0.2) is 49.1 Å². The van der Waals surface area contributed by atoms with Crippen molar-refractivity contribution in [3.8, 4) is 0 Å². The summed E-state index contributed by atoms with van der Waals surface area (Å²) in [4.78, 5) is 14.6. The van der Waals surface area contributed by atoms with Crippen molar-refractivity contribution in [2.45, 2.75) is 43.4 Å². The largest absolute Gasteiger partial charge is 0.346 e. The molecule has 1 spiro atoms. The zero-order valence-electron chi connectivity index (χ0n) is 13.9. The van der Waals surface area contributed by atoms with Crippen molar-refractivity contribution in [1.82, 2.24) is 10.2 Å². The van der Waals surface area contributed by atoms with E-state index in [1.807, 2.05) is 4.90 Å². The van der Waals surface area contributed by atoms with Gasteiger partial charge in [-0.05, 0) is 36.3 Å². The molecule has 2 amide bonds. The zero-order chi connectivity index (χ0) is 16.1. The number of piperidine rings is 1. The van der Waals surface area contributed by atoms with Crippen molar-refractivity contribution < 1.29 is 14.3 Å². The van der Waals surface area contributed by atoms with Crippen LogP contribution in [0.5, 0.6) is 0 Å². The molecule has 1 saturated carbocycles. The fourth-order valence-electron chi connectivity index (χ4n) is 4.89. The molecule has 0 radical (unpaired) electrons. The fraction of sp³-hybridized carbons (Fsp3) is 0.632. The third-order valence-electron chi connectivity index (χ3n) is 6.14. The Labute approximate surface area is 142 Å². The summed E-state index contributed by atoms with van der Waals surface area (Å²) in [5.74, 6) is 0.580. The monoisotopic (exact) mass is 328 g/mol. The van der Waals surface area contributed by atoms with Crippen molar-refractivity contribution in [1.29, 1.82) is 0 Å². The first kappa shape index (κ1) is 14.7. The van der Waals surface area contributed by atoms with Gasteiger partial charge in [-0.2, -0.15) is 0 Å². The van der Waals surface area contributed by atoms with Crippen LogP contribution in [0.25, 0.3) is 0 Å². The van der Waals surface area contributed by atoms with E-state index in [1.165, 1.54) is 17.5 Å². The number of nitrogens with zero attached hydrogens (tertiary/aromatic N) is 1. The lowest BCUT2D eigenvalue weighted by molar-refractivity contribution is -0.182. The van der Waals surface area contributed by atoms with Gasteiger partial charge >= 0.3 is 6.03 Å². The number of carbonyl (C=O) groups excluding carboxylic acids is 1. The minimum Gasteiger partial charge on any atom is -0.346 e. The van der Waals surface area contributed by atoms with Crippen molar-refractivity contribution >= 4 is 6.03 Å². The molecule has 1 N–H and O–H groups in total. The van der Waals surface area contributed by atoms with Gasteiger partial charge in [-0.3, -0.25) is 0 Å². The summed E-state index contributed by atoms with van der Waals surface area (Å²) in [5.41, 5.74) is 2.90. The number of likely N-dealkylation sites (tertiary alicyclic amines) is 1. The molecule has 3 atom stereocenters. The number of fused-ring (bicyclic) bond motifs is 3. The lowest BCUT2D eigenvalue weighted by atomic mass is 9.92. The van der Waals surface area contributed by atoms with Gasteiger partial charge in [0.15, 0.2) is 5.79 Å². The summed E-state index contributed by atoms with van der Waals surface area (Å²) in [5, 5.41) is 3.29. The van der Waals surface area contributed by atoms with Crippen LogP contribution in [0.3, 0.4) is 0 Å². The molecule has 0 bridgehead atoms. The molecule has 128 valence electrons. The Morgan fingerprint density at radius 2 is 2.08 bits per heavy atom. The van der Waals surface area contributed by atoms with Gasteiger partial charge in [-0.25, -0.2) is 4.79 Å². The molecule has 1 aromatic carbocycles. The van der Waals surface area contributed by atoms with E-state index < -0.39 is 5.79 Å². The topological polar surface area (TPSA) is 50.8 Å². The Kier molecular flexibility index (Phi) is 3.35. The first-order chi connectivity index (χ1) is 11.8. The third-order valence-corrected chi connectivity index (χ3v) is 6.14. The Hall–Kier alpha value is -1.59. The van der Waals surface area contributed by atoms with E-state index >= 15 is 0 Å². The number of hydrogen-bond donors (Lipinski definition) is 1. The highest BCUT2D eigenvalue weighted by molar-refractivity contribution is 5.75. The van der Waals surface area contributed by atoms with E-state index in [-0.39, 0.29) is 6.03 Å². The summed E-state index contributed by atoms with van der Waals surface area (Å²) in [6.07, 6.45) is 4.15. The second-order valence-electron chi connectivity index (χ2n) is 7.54. The molecule has 1 aromatic rings. The highest BCUT2D eigenvalue weighted by Crippen LogP contribution is 2.54. The highest BCUT2D eigenvalue weighted by atomic mass is 16.7. The number of rotatable bonds is 1. The molecule has 2 aliphatic heterocycles. The number of aryl methyl sites for hydroxylation is 1. The Morgan fingerprint density at radius 3 is 2.96 bits per heavy atom. The summed E-state index contributed by atoms with van der Waals surface area (Å²) in [6.45, 7) is 2.62.